The van der Waals surface area contributed by atoms with Gasteiger partial charge in [0.1, 0.15) is 5.02 Å². The molecule has 0 radical (unpaired) electrons. The second-order valence-corrected chi connectivity index (χ2v) is 5.58. The van der Waals surface area contributed by atoms with E-state index in [1.165, 1.54) is 49.6 Å². The number of halogens is 1. The van der Waals surface area contributed by atoms with E-state index in [1.807, 2.05) is 0 Å². The first kappa shape index (κ1) is 17.0. The van der Waals surface area contributed by atoms with Crippen molar-refractivity contribution in [1.29, 1.82) is 0 Å². The van der Waals surface area contributed by atoms with Crippen molar-refractivity contribution in [3.05, 3.63) is 21.6 Å². The highest BCUT2D eigenvalue weighted by atomic mass is 35.5. The molecule has 1 aromatic rings. The predicted octanol–water partition coefficient (Wildman–Crippen LogP) is 3.99. The van der Waals surface area contributed by atoms with Gasteiger partial charge in [-0.05, 0) is 6.42 Å². The number of aryl methyl sites for hydroxylation is 1. The van der Waals surface area contributed by atoms with Gasteiger partial charge in [0.2, 0.25) is 0 Å². The second kappa shape index (κ2) is 9.81. The third kappa shape index (κ3) is 5.95. The number of aromatic nitrogens is 2. The van der Waals surface area contributed by atoms with Crippen molar-refractivity contribution in [3.8, 4) is 0 Å². The van der Waals surface area contributed by atoms with Crippen LogP contribution in [0.25, 0.3) is 0 Å². The van der Waals surface area contributed by atoms with Gasteiger partial charge in [0, 0.05) is 13.6 Å². The van der Waals surface area contributed by atoms with Crippen molar-refractivity contribution in [1.82, 2.24) is 9.78 Å². The average molecular weight is 300 g/mol. The summed E-state index contributed by atoms with van der Waals surface area (Å²) in [5.41, 5.74) is 0.380. The summed E-state index contributed by atoms with van der Waals surface area (Å²) >= 11 is 5.97. The van der Waals surface area contributed by atoms with Crippen LogP contribution >= 0.6 is 11.6 Å². The van der Waals surface area contributed by atoms with Gasteiger partial charge in [0.15, 0.2) is 0 Å². The maximum atomic E-state index is 11.6. The smallest absolute Gasteiger partial charge is 0.287 e. The molecule has 0 aliphatic heterocycles. The minimum atomic E-state index is -0.257. The highest BCUT2D eigenvalue weighted by Gasteiger charge is 2.06. The molecule has 114 valence electrons. The lowest BCUT2D eigenvalue weighted by atomic mass is 10.1. The summed E-state index contributed by atoms with van der Waals surface area (Å²) in [5.74, 6) is 0. The van der Waals surface area contributed by atoms with Crippen molar-refractivity contribution in [2.45, 2.75) is 58.3 Å². The fourth-order valence-corrected chi connectivity index (χ4v) is 2.35. The van der Waals surface area contributed by atoms with Crippen LogP contribution in [0.2, 0.25) is 5.02 Å². The Balaban J connectivity index is 2.13. The molecular formula is C15H26ClN3O. The lowest BCUT2D eigenvalue weighted by Crippen LogP contribution is -2.21. The fourth-order valence-electron chi connectivity index (χ4n) is 2.12. The molecule has 1 N–H and O–H groups in total. The van der Waals surface area contributed by atoms with Gasteiger partial charge < -0.3 is 5.32 Å². The Morgan fingerprint density at radius 2 is 1.75 bits per heavy atom. The lowest BCUT2D eigenvalue weighted by molar-refractivity contribution is 0.581. The number of anilines is 1. The van der Waals surface area contributed by atoms with E-state index in [-0.39, 0.29) is 10.6 Å². The van der Waals surface area contributed by atoms with Crippen LogP contribution in [-0.4, -0.2) is 16.3 Å². The van der Waals surface area contributed by atoms with E-state index in [9.17, 15) is 4.79 Å². The molecule has 0 aromatic carbocycles. The molecule has 0 aliphatic carbocycles. The van der Waals surface area contributed by atoms with E-state index in [1.54, 1.807) is 13.2 Å². The summed E-state index contributed by atoms with van der Waals surface area (Å²) in [4.78, 5) is 11.6. The number of unbranched alkanes of at least 4 members (excludes halogenated alkanes) is 7. The van der Waals surface area contributed by atoms with E-state index in [2.05, 4.69) is 17.3 Å². The molecule has 1 aromatic heterocycles. The van der Waals surface area contributed by atoms with Crippen molar-refractivity contribution in [2.75, 3.05) is 11.9 Å². The SMILES string of the molecule is CCCCCCCCCCNc1cnn(C)c(=O)c1Cl. The molecule has 0 saturated carbocycles. The first-order valence-corrected chi connectivity index (χ1v) is 8.00. The second-order valence-electron chi connectivity index (χ2n) is 5.20. The number of rotatable bonds is 10. The Labute approximate surface area is 126 Å². The molecule has 4 nitrogen and oxygen atoms in total. The maximum Gasteiger partial charge on any atom is 0.287 e. The minimum Gasteiger partial charge on any atom is -0.382 e. The number of hydrogen-bond acceptors (Lipinski definition) is 3. The van der Waals surface area contributed by atoms with Gasteiger partial charge in [-0.25, -0.2) is 4.68 Å². The molecule has 0 amide bonds. The third-order valence-corrected chi connectivity index (χ3v) is 3.79. The van der Waals surface area contributed by atoms with Crippen LogP contribution in [0.5, 0.6) is 0 Å². The number of nitrogens with zero attached hydrogens (tertiary/aromatic N) is 2. The molecular weight excluding hydrogens is 274 g/mol. The molecule has 0 bridgehead atoms. The maximum absolute atomic E-state index is 11.6. The van der Waals surface area contributed by atoms with Crippen LogP contribution in [0.4, 0.5) is 5.69 Å². The van der Waals surface area contributed by atoms with Crippen LogP contribution < -0.4 is 10.9 Å². The van der Waals surface area contributed by atoms with E-state index >= 15 is 0 Å². The van der Waals surface area contributed by atoms with Crippen LogP contribution in [0.15, 0.2) is 11.0 Å². The highest BCUT2D eigenvalue weighted by molar-refractivity contribution is 6.32. The average Bonchev–Trinajstić information content (AvgIpc) is 2.45. The summed E-state index contributed by atoms with van der Waals surface area (Å²) in [6, 6.07) is 0. The minimum absolute atomic E-state index is 0.224. The quantitative estimate of drug-likeness (QED) is 0.665. The molecule has 20 heavy (non-hydrogen) atoms. The number of hydrogen-bond donors (Lipinski definition) is 1. The summed E-state index contributed by atoms with van der Waals surface area (Å²) < 4.78 is 1.24. The van der Waals surface area contributed by atoms with Crippen LogP contribution in [0.1, 0.15) is 58.3 Å². The Kier molecular flexibility index (Phi) is 8.35. The largest absolute Gasteiger partial charge is 0.382 e. The standard InChI is InChI=1S/C15H26ClN3O/c1-3-4-5-6-7-8-9-10-11-17-13-12-18-19(2)15(20)14(13)16/h12,17H,3-11H2,1-2H3. The van der Waals surface area contributed by atoms with Gasteiger partial charge in [-0.3, -0.25) is 4.79 Å². The topological polar surface area (TPSA) is 46.9 Å². The third-order valence-electron chi connectivity index (χ3n) is 3.42. The monoisotopic (exact) mass is 299 g/mol. The zero-order chi connectivity index (χ0) is 14.8. The number of nitrogens with one attached hydrogen (secondary N) is 1. The summed E-state index contributed by atoms with van der Waals surface area (Å²) in [5, 5.41) is 7.36. The zero-order valence-corrected chi connectivity index (χ0v) is 13.4. The first-order valence-electron chi connectivity index (χ1n) is 7.62. The van der Waals surface area contributed by atoms with Crippen molar-refractivity contribution in [3.63, 3.8) is 0 Å². The van der Waals surface area contributed by atoms with Gasteiger partial charge in [-0.1, -0.05) is 63.5 Å². The molecule has 1 heterocycles. The van der Waals surface area contributed by atoms with Crippen LogP contribution in [0, 0.1) is 0 Å². The van der Waals surface area contributed by atoms with Crippen LogP contribution in [-0.2, 0) is 7.05 Å². The summed E-state index contributed by atoms with van der Waals surface area (Å²) in [6.07, 6.45) is 11.9. The van der Waals surface area contributed by atoms with Gasteiger partial charge in [-0.2, -0.15) is 5.10 Å². The zero-order valence-electron chi connectivity index (χ0n) is 12.6. The van der Waals surface area contributed by atoms with Gasteiger partial charge in [-0.15, -0.1) is 0 Å². The van der Waals surface area contributed by atoms with E-state index in [0.717, 1.165) is 13.0 Å². The molecule has 0 atom stereocenters. The van der Waals surface area contributed by atoms with E-state index < -0.39 is 0 Å². The van der Waals surface area contributed by atoms with E-state index in [0.29, 0.717) is 5.69 Å². The molecule has 5 heteroatoms. The Bertz CT molecular complexity index is 445. The Morgan fingerprint density at radius 3 is 2.40 bits per heavy atom. The molecule has 0 unspecified atom stereocenters. The van der Waals surface area contributed by atoms with E-state index in [4.69, 9.17) is 11.6 Å². The lowest BCUT2D eigenvalue weighted by Gasteiger charge is -2.08. The molecule has 1 rings (SSSR count). The van der Waals surface area contributed by atoms with Gasteiger partial charge >= 0.3 is 0 Å². The van der Waals surface area contributed by atoms with Gasteiger partial charge in [0.05, 0.1) is 11.9 Å². The summed E-state index contributed by atoms with van der Waals surface area (Å²) in [6.45, 7) is 3.08. The molecule has 0 spiro atoms. The van der Waals surface area contributed by atoms with Crippen LogP contribution in [0.3, 0.4) is 0 Å². The Morgan fingerprint density at radius 1 is 1.15 bits per heavy atom. The Hall–Kier alpha value is -1.03. The van der Waals surface area contributed by atoms with Gasteiger partial charge in [0.25, 0.3) is 5.56 Å². The summed E-state index contributed by atoms with van der Waals surface area (Å²) in [7, 11) is 1.59. The molecule has 0 saturated heterocycles. The fraction of sp³-hybridized carbons (Fsp3) is 0.733. The van der Waals surface area contributed by atoms with Crippen molar-refractivity contribution < 1.29 is 0 Å². The predicted molar refractivity (Wildman–Crippen MR) is 85.6 cm³/mol. The molecule has 0 fully saturated rings. The highest BCUT2D eigenvalue weighted by Crippen LogP contribution is 2.15. The van der Waals surface area contributed by atoms with Crippen molar-refractivity contribution >= 4 is 17.3 Å². The first-order chi connectivity index (χ1) is 9.66. The van der Waals surface area contributed by atoms with Crippen molar-refractivity contribution in [2.24, 2.45) is 7.05 Å². The normalized spacial score (nSPS) is 10.8. The molecule has 0 aliphatic rings.